The van der Waals surface area contributed by atoms with Crippen LogP contribution in [0.1, 0.15) is 0 Å². The molecule has 0 aliphatic rings. The predicted octanol–water partition coefficient (Wildman–Crippen LogP) is 3.11. The molecular formula is C6H2BrClN2S. The summed E-state index contributed by atoms with van der Waals surface area (Å²) < 4.78 is 2.42. The van der Waals surface area contributed by atoms with Gasteiger partial charge in [-0.05, 0) is 22.0 Å². The second-order valence-corrected chi connectivity index (χ2v) is 4.37. The first kappa shape index (κ1) is 7.46. The molecule has 0 aliphatic heterocycles. The zero-order chi connectivity index (χ0) is 7.84. The van der Waals surface area contributed by atoms with Crippen LogP contribution in [0, 0.1) is 0 Å². The Bertz CT molecular complexity index is 400. The lowest BCUT2D eigenvalue weighted by Crippen LogP contribution is -1.72. The number of hydrogen-bond acceptors (Lipinski definition) is 3. The van der Waals surface area contributed by atoms with Gasteiger partial charge >= 0.3 is 0 Å². The predicted molar refractivity (Wildman–Crippen MR) is 50.1 cm³/mol. The van der Waals surface area contributed by atoms with E-state index in [-0.39, 0.29) is 0 Å². The average molecular weight is 250 g/mol. The summed E-state index contributed by atoms with van der Waals surface area (Å²) in [6.45, 7) is 0. The Hall–Kier alpha value is -0.190. The van der Waals surface area contributed by atoms with E-state index in [2.05, 4.69) is 25.9 Å². The molecule has 0 atom stereocenters. The van der Waals surface area contributed by atoms with E-state index in [1.54, 1.807) is 6.20 Å². The van der Waals surface area contributed by atoms with Crippen LogP contribution in [-0.4, -0.2) is 9.97 Å². The smallest absolute Gasteiger partial charge is 0.184 e. The molecule has 0 bridgehead atoms. The molecule has 2 aromatic rings. The van der Waals surface area contributed by atoms with E-state index in [0.29, 0.717) is 4.47 Å². The molecule has 2 aromatic heterocycles. The van der Waals surface area contributed by atoms with E-state index in [0.717, 1.165) is 14.8 Å². The van der Waals surface area contributed by atoms with Crippen molar-refractivity contribution in [2.75, 3.05) is 0 Å². The molecule has 11 heavy (non-hydrogen) atoms. The van der Waals surface area contributed by atoms with Crippen molar-refractivity contribution in [3.63, 3.8) is 0 Å². The fourth-order valence-electron chi connectivity index (χ4n) is 0.780. The van der Waals surface area contributed by atoms with Crippen molar-refractivity contribution in [2.45, 2.75) is 0 Å². The first-order chi connectivity index (χ1) is 5.25. The highest BCUT2D eigenvalue weighted by Crippen LogP contribution is 2.26. The Morgan fingerprint density at radius 3 is 3.18 bits per heavy atom. The lowest BCUT2D eigenvalue weighted by atomic mass is 10.5. The van der Waals surface area contributed by atoms with Gasteiger partial charge in [0.15, 0.2) is 4.47 Å². The summed E-state index contributed by atoms with van der Waals surface area (Å²) in [5, 5.41) is 0. The van der Waals surface area contributed by atoms with E-state index in [9.17, 15) is 0 Å². The summed E-state index contributed by atoms with van der Waals surface area (Å²) >= 11 is 10.4. The zero-order valence-corrected chi connectivity index (χ0v) is 8.37. The molecule has 5 heteroatoms. The highest BCUT2D eigenvalue weighted by atomic mass is 79.9. The molecule has 0 saturated heterocycles. The third-order valence-corrected chi connectivity index (χ3v) is 2.77. The van der Waals surface area contributed by atoms with Crippen LogP contribution >= 0.6 is 38.9 Å². The van der Waals surface area contributed by atoms with Crippen LogP contribution in [0.5, 0.6) is 0 Å². The Kier molecular flexibility index (Phi) is 1.83. The van der Waals surface area contributed by atoms with Crippen LogP contribution in [0.15, 0.2) is 16.9 Å². The van der Waals surface area contributed by atoms with Gasteiger partial charge < -0.3 is 0 Å². The molecule has 0 fully saturated rings. The highest BCUT2D eigenvalue weighted by Gasteiger charge is 2.01. The molecule has 0 spiro atoms. The monoisotopic (exact) mass is 248 g/mol. The van der Waals surface area contributed by atoms with Crippen LogP contribution in [0.4, 0.5) is 0 Å². The average Bonchev–Trinajstić information content (AvgIpc) is 2.27. The lowest BCUT2D eigenvalue weighted by molar-refractivity contribution is 1.29. The number of nitrogens with zero attached hydrogens (tertiary/aromatic N) is 2. The second-order valence-electron chi connectivity index (χ2n) is 1.94. The van der Waals surface area contributed by atoms with Crippen LogP contribution in [-0.2, 0) is 0 Å². The van der Waals surface area contributed by atoms with Gasteiger partial charge in [-0.2, -0.15) is 0 Å². The lowest BCUT2D eigenvalue weighted by Gasteiger charge is -1.86. The third kappa shape index (κ3) is 1.38. The number of thiazole rings is 1. The number of hydrogen-bond donors (Lipinski definition) is 0. The quantitative estimate of drug-likeness (QED) is 0.671. The Labute approximate surface area is 80.4 Å². The summed E-state index contributed by atoms with van der Waals surface area (Å²) in [6.07, 6.45) is 1.70. The van der Waals surface area contributed by atoms with E-state index in [1.165, 1.54) is 11.3 Å². The molecule has 0 aromatic carbocycles. The van der Waals surface area contributed by atoms with Gasteiger partial charge in [0.2, 0.25) is 0 Å². The van der Waals surface area contributed by atoms with Gasteiger partial charge in [0.05, 0.1) is 10.9 Å². The molecule has 56 valence electrons. The third-order valence-electron chi connectivity index (χ3n) is 1.22. The first-order valence-electron chi connectivity index (χ1n) is 2.83. The van der Waals surface area contributed by atoms with Crippen LogP contribution in [0.25, 0.3) is 10.2 Å². The second kappa shape index (κ2) is 2.69. The molecule has 2 heterocycles. The maximum Gasteiger partial charge on any atom is 0.184 e. The molecule has 0 radical (unpaired) electrons. The van der Waals surface area contributed by atoms with Crippen LogP contribution < -0.4 is 0 Å². The van der Waals surface area contributed by atoms with Crippen molar-refractivity contribution in [2.24, 2.45) is 0 Å². The van der Waals surface area contributed by atoms with Crippen molar-refractivity contribution >= 4 is 49.1 Å². The number of pyridine rings is 1. The fourth-order valence-corrected chi connectivity index (χ4v) is 2.30. The van der Waals surface area contributed by atoms with E-state index in [1.807, 2.05) is 6.07 Å². The molecular weight excluding hydrogens is 248 g/mol. The standard InChI is InChI=1S/C6H2BrClN2S/c7-5-1-4-3(2-9-5)10-6(8)11-4/h1-2H. The van der Waals surface area contributed by atoms with Gasteiger partial charge in [0, 0.05) is 0 Å². The minimum atomic E-state index is 0.555. The highest BCUT2D eigenvalue weighted by molar-refractivity contribution is 9.10. The Morgan fingerprint density at radius 2 is 2.36 bits per heavy atom. The molecule has 0 amide bonds. The van der Waals surface area contributed by atoms with Gasteiger partial charge in [-0.1, -0.05) is 11.6 Å². The maximum absolute atomic E-state index is 5.70. The summed E-state index contributed by atoms with van der Waals surface area (Å²) in [5.41, 5.74) is 0.850. The van der Waals surface area contributed by atoms with Crippen molar-refractivity contribution in [3.8, 4) is 0 Å². The minimum absolute atomic E-state index is 0.555. The number of rotatable bonds is 0. The topological polar surface area (TPSA) is 25.8 Å². The molecule has 2 rings (SSSR count). The first-order valence-corrected chi connectivity index (χ1v) is 4.82. The minimum Gasteiger partial charge on any atom is -0.247 e. The largest absolute Gasteiger partial charge is 0.247 e. The summed E-state index contributed by atoms with van der Waals surface area (Å²) in [6, 6.07) is 1.90. The summed E-state index contributed by atoms with van der Waals surface area (Å²) in [7, 11) is 0. The molecule has 0 saturated carbocycles. The van der Waals surface area contributed by atoms with E-state index in [4.69, 9.17) is 11.6 Å². The molecule has 0 aliphatic carbocycles. The molecule has 0 N–H and O–H groups in total. The van der Waals surface area contributed by atoms with E-state index >= 15 is 0 Å². The van der Waals surface area contributed by atoms with Gasteiger partial charge in [-0.3, -0.25) is 0 Å². The molecule has 2 nitrogen and oxygen atoms in total. The van der Waals surface area contributed by atoms with Gasteiger partial charge in [0.1, 0.15) is 10.1 Å². The zero-order valence-electron chi connectivity index (χ0n) is 5.21. The van der Waals surface area contributed by atoms with Crippen LogP contribution in [0.2, 0.25) is 4.47 Å². The number of aromatic nitrogens is 2. The number of fused-ring (bicyclic) bond motifs is 1. The molecule has 0 unspecified atom stereocenters. The van der Waals surface area contributed by atoms with Gasteiger partial charge in [-0.25, -0.2) is 9.97 Å². The van der Waals surface area contributed by atoms with Gasteiger partial charge in [0.25, 0.3) is 0 Å². The van der Waals surface area contributed by atoms with Crippen molar-refractivity contribution in [3.05, 3.63) is 21.3 Å². The maximum atomic E-state index is 5.70. The summed E-state index contributed by atoms with van der Waals surface area (Å²) in [4.78, 5) is 8.08. The normalized spacial score (nSPS) is 10.7. The van der Waals surface area contributed by atoms with Crippen molar-refractivity contribution in [1.82, 2.24) is 9.97 Å². The van der Waals surface area contributed by atoms with E-state index < -0.39 is 0 Å². The van der Waals surface area contributed by atoms with Crippen molar-refractivity contribution < 1.29 is 0 Å². The Morgan fingerprint density at radius 1 is 1.55 bits per heavy atom. The van der Waals surface area contributed by atoms with Gasteiger partial charge in [-0.15, -0.1) is 11.3 Å². The summed E-state index contributed by atoms with van der Waals surface area (Å²) in [5.74, 6) is 0. The number of halogens is 2. The van der Waals surface area contributed by atoms with Crippen molar-refractivity contribution in [1.29, 1.82) is 0 Å². The fraction of sp³-hybridized carbons (Fsp3) is 0. The van der Waals surface area contributed by atoms with Crippen LogP contribution in [0.3, 0.4) is 0 Å². The Balaban J connectivity index is 2.82. The SMILES string of the molecule is Clc1nc2cnc(Br)cc2s1.